The fourth-order valence-corrected chi connectivity index (χ4v) is 3.91. The number of amides is 1. The summed E-state index contributed by atoms with van der Waals surface area (Å²) in [7, 11) is 1.99. The average molecular weight is 406 g/mol. The molecule has 3 aromatic rings. The van der Waals surface area contributed by atoms with Crippen molar-refractivity contribution in [1.82, 2.24) is 29.4 Å². The second kappa shape index (κ2) is 9.13. The second-order valence-corrected chi connectivity index (χ2v) is 7.69. The number of carbonyl (C=O) groups excluding carboxylic acids is 1. The van der Waals surface area contributed by atoms with Gasteiger partial charge in [0.25, 0.3) is 0 Å². The summed E-state index contributed by atoms with van der Waals surface area (Å²) in [6.45, 7) is 4.09. The molecule has 1 atom stereocenters. The van der Waals surface area contributed by atoms with Crippen LogP contribution in [0.25, 0.3) is 0 Å². The van der Waals surface area contributed by atoms with E-state index in [1.54, 1.807) is 12.4 Å². The summed E-state index contributed by atoms with van der Waals surface area (Å²) in [4.78, 5) is 31.8. The molecule has 8 nitrogen and oxygen atoms in total. The first-order chi connectivity index (χ1) is 14.6. The number of aromatic nitrogens is 5. The van der Waals surface area contributed by atoms with E-state index in [0.29, 0.717) is 39.1 Å². The van der Waals surface area contributed by atoms with E-state index in [2.05, 4.69) is 19.9 Å². The Morgan fingerprint density at radius 1 is 1.27 bits per heavy atom. The number of nitrogens with zero attached hydrogens (tertiary/aromatic N) is 6. The molecule has 0 saturated heterocycles. The lowest BCUT2D eigenvalue weighted by atomic mass is 9.98. The Kier molecular flexibility index (Phi) is 6.13. The van der Waals surface area contributed by atoms with Crippen LogP contribution in [0.1, 0.15) is 40.7 Å². The first kappa shape index (κ1) is 20.2. The quantitative estimate of drug-likeness (QED) is 0.598. The monoisotopic (exact) mass is 406 g/mol. The van der Waals surface area contributed by atoms with E-state index in [0.717, 1.165) is 28.3 Å². The van der Waals surface area contributed by atoms with Gasteiger partial charge in [-0.2, -0.15) is 0 Å². The van der Waals surface area contributed by atoms with Gasteiger partial charge in [0, 0.05) is 49.7 Å². The van der Waals surface area contributed by atoms with Crippen molar-refractivity contribution < 1.29 is 9.53 Å². The number of aryl methyl sites for hydroxylation is 3. The van der Waals surface area contributed by atoms with E-state index >= 15 is 0 Å². The summed E-state index contributed by atoms with van der Waals surface area (Å²) in [5.74, 6) is 0.190. The van der Waals surface area contributed by atoms with Crippen LogP contribution in [-0.4, -0.2) is 48.5 Å². The Morgan fingerprint density at radius 3 is 2.90 bits per heavy atom. The summed E-state index contributed by atoms with van der Waals surface area (Å²) in [5, 5.41) is 0. The number of ether oxygens (including phenoxy) is 1. The van der Waals surface area contributed by atoms with E-state index in [9.17, 15) is 4.79 Å². The van der Waals surface area contributed by atoms with Gasteiger partial charge in [0.15, 0.2) is 0 Å². The molecule has 8 heteroatoms. The van der Waals surface area contributed by atoms with Crippen molar-refractivity contribution in [1.29, 1.82) is 0 Å². The highest BCUT2D eigenvalue weighted by Crippen LogP contribution is 2.28. The third kappa shape index (κ3) is 4.71. The fourth-order valence-electron chi connectivity index (χ4n) is 3.91. The SMILES string of the molecule is Cc1cccc(COCC2CN(C(=O)CCc3cncnc3)Cc3ncn(C)c32)n1. The van der Waals surface area contributed by atoms with Crippen LogP contribution in [0.4, 0.5) is 0 Å². The van der Waals surface area contributed by atoms with Crippen LogP contribution in [0, 0.1) is 6.92 Å². The van der Waals surface area contributed by atoms with E-state index in [-0.39, 0.29) is 11.8 Å². The lowest BCUT2D eigenvalue weighted by Crippen LogP contribution is -2.40. The molecular weight excluding hydrogens is 380 g/mol. The van der Waals surface area contributed by atoms with Crippen molar-refractivity contribution in [2.75, 3.05) is 13.2 Å². The van der Waals surface area contributed by atoms with Gasteiger partial charge in [0.05, 0.1) is 37.5 Å². The van der Waals surface area contributed by atoms with Gasteiger partial charge in [-0.15, -0.1) is 0 Å². The molecule has 0 aliphatic carbocycles. The fraction of sp³-hybridized carbons (Fsp3) is 0.409. The van der Waals surface area contributed by atoms with Gasteiger partial charge in [-0.1, -0.05) is 6.07 Å². The Hall–Kier alpha value is -3.13. The molecule has 1 aliphatic rings. The molecule has 0 bridgehead atoms. The predicted octanol–water partition coefficient (Wildman–Crippen LogP) is 2.19. The van der Waals surface area contributed by atoms with Crippen LogP contribution in [0.2, 0.25) is 0 Å². The average Bonchev–Trinajstić information content (AvgIpc) is 3.14. The topological polar surface area (TPSA) is 86.0 Å². The molecule has 30 heavy (non-hydrogen) atoms. The molecule has 0 radical (unpaired) electrons. The van der Waals surface area contributed by atoms with Crippen molar-refractivity contribution in [2.24, 2.45) is 7.05 Å². The number of pyridine rings is 1. The maximum absolute atomic E-state index is 12.9. The lowest BCUT2D eigenvalue weighted by molar-refractivity contribution is -0.132. The first-order valence-corrected chi connectivity index (χ1v) is 10.1. The van der Waals surface area contributed by atoms with Gasteiger partial charge < -0.3 is 14.2 Å². The molecule has 1 amide bonds. The van der Waals surface area contributed by atoms with E-state index < -0.39 is 0 Å². The molecule has 1 unspecified atom stereocenters. The first-order valence-electron chi connectivity index (χ1n) is 10.1. The van der Waals surface area contributed by atoms with E-state index in [1.807, 2.05) is 48.0 Å². The van der Waals surface area contributed by atoms with E-state index in [1.165, 1.54) is 6.33 Å². The minimum absolute atomic E-state index is 0.0788. The van der Waals surface area contributed by atoms with Crippen molar-refractivity contribution in [2.45, 2.75) is 38.8 Å². The van der Waals surface area contributed by atoms with Crippen molar-refractivity contribution in [3.63, 3.8) is 0 Å². The van der Waals surface area contributed by atoms with Crippen LogP contribution < -0.4 is 0 Å². The number of rotatable bonds is 7. The maximum Gasteiger partial charge on any atom is 0.223 e. The number of hydrogen-bond acceptors (Lipinski definition) is 6. The second-order valence-electron chi connectivity index (χ2n) is 7.69. The molecule has 3 aromatic heterocycles. The summed E-state index contributed by atoms with van der Waals surface area (Å²) >= 11 is 0. The Morgan fingerprint density at radius 2 is 2.10 bits per heavy atom. The van der Waals surface area contributed by atoms with Gasteiger partial charge in [0.2, 0.25) is 5.91 Å². The largest absolute Gasteiger partial charge is 0.374 e. The number of fused-ring (bicyclic) bond motifs is 1. The summed E-state index contributed by atoms with van der Waals surface area (Å²) in [6.07, 6.45) is 7.87. The van der Waals surface area contributed by atoms with Crippen LogP contribution in [0.5, 0.6) is 0 Å². The number of hydrogen-bond donors (Lipinski definition) is 0. The van der Waals surface area contributed by atoms with Crippen molar-refractivity contribution in [3.05, 3.63) is 71.6 Å². The molecule has 0 saturated carbocycles. The highest BCUT2D eigenvalue weighted by molar-refractivity contribution is 5.76. The molecule has 0 fully saturated rings. The van der Waals surface area contributed by atoms with Crippen LogP contribution in [-0.2, 0) is 36.2 Å². The third-order valence-corrected chi connectivity index (χ3v) is 5.34. The number of carbonyl (C=O) groups is 1. The molecule has 4 rings (SSSR count). The molecule has 4 heterocycles. The Bertz CT molecular complexity index is 1000. The van der Waals surface area contributed by atoms with Crippen molar-refractivity contribution >= 4 is 5.91 Å². The molecule has 0 aromatic carbocycles. The van der Waals surface area contributed by atoms with Crippen LogP contribution in [0.15, 0.2) is 43.2 Å². The molecular formula is C22H26N6O2. The lowest BCUT2D eigenvalue weighted by Gasteiger charge is -2.33. The Labute approximate surface area is 176 Å². The van der Waals surface area contributed by atoms with Gasteiger partial charge >= 0.3 is 0 Å². The summed E-state index contributed by atoms with van der Waals surface area (Å²) in [5.41, 5.74) is 4.94. The zero-order valence-electron chi connectivity index (χ0n) is 17.4. The van der Waals surface area contributed by atoms with Crippen molar-refractivity contribution in [3.8, 4) is 0 Å². The van der Waals surface area contributed by atoms with Gasteiger partial charge in [-0.3, -0.25) is 9.78 Å². The van der Waals surface area contributed by atoms with Crippen LogP contribution in [0.3, 0.4) is 0 Å². The smallest absolute Gasteiger partial charge is 0.223 e. The molecule has 156 valence electrons. The molecule has 1 aliphatic heterocycles. The van der Waals surface area contributed by atoms with E-state index in [4.69, 9.17) is 4.74 Å². The maximum atomic E-state index is 12.9. The predicted molar refractivity (Wildman–Crippen MR) is 110 cm³/mol. The van der Waals surface area contributed by atoms with Gasteiger partial charge in [-0.25, -0.2) is 15.0 Å². The zero-order valence-corrected chi connectivity index (χ0v) is 17.4. The molecule has 0 N–H and O–H groups in total. The van der Waals surface area contributed by atoms with Crippen LogP contribution >= 0.6 is 0 Å². The number of imidazole rings is 1. The highest BCUT2D eigenvalue weighted by atomic mass is 16.5. The third-order valence-electron chi connectivity index (χ3n) is 5.34. The van der Waals surface area contributed by atoms with Gasteiger partial charge in [-0.05, 0) is 31.0 Å². The minimum atomic E-state index is 0.0788. The molecule has 0 spiro atoms. The summed E-state index contributed by atoms with van der Waals surface area (Å²) in [6, 6.07) is 5.92. The Balaban J connectivity index is 1.39. The van der Waals surface area contributed by atoms with Gasteiger partial charge in [0.1, 0.15) is 6.33 Å². The minimum Gasteiger partial charge on any atom is -0.374 e. The highest BCUT2D eigenvalue weighted by Gasteiger charge is 2.31. The normalized spacial score (nSPS) is 15.8. The zero-order chi connectivity index (χ0) is 20.9. The standard InChI is InChI=1S/C22H26N6O2/c1-16-4-3-5-19(26-16)13-30-12-18-10-28(11-20-22(18)27(2)15-25-20)21(29)7-6-17-8-23-14-24-9-17/h3-5,8-9,14-15,18H,6-7,10-13H2,1-2H3. The summed E-state index contributed by atoms with van der Waals surface area (Å²) < 4.78 is 8.03.